The molecule has 3 rings (SSSR count). The average Bonchev–Trinajstić information content (AvgIpc) is 2.87. The van der Waals surface area contributed by atoms with Gasteiger partial charge in [0.25, 0.3) is 5.92 Å². The van der Waals surface area contributed by atoms with Crippen LogP contribution in [-0.4, -0.2) is 42.4 Å². The van der Waals surface area contributed by atoms with E-state index in [1.165, 1.54) is 6.07 Å². The molecule has 2 aliphatic heterocycles. The zero-order chi connectivity index (χ0) is 16.4. The number of carbonyl (C=O) groups excluding carboxylic acids is 1. The van der Waals surface area contributed by atoms with Gasteiger partial charge in [-0.15, -0.1) is 0 Å². The van der Waals surface area contributed by atoms with Crippen LogP contribution in [0.4, 0.5) is 13.2 Å². The molecule has 1 N–H and O–H groups in total. The summed E-state index contributed by atoms with van der Waals surface area (Å²) in [5.74, 6) is -2.83. The number of likely N-dealkylation sites (tertiary alicyclic amines) is 1. The first-order valence-corrected chi connectivity index (χ1v) is 8.07. The molecule has 0 aliphatic carbocycles. The Labute approximate surface area is 133 Å². The van der Waals surface area contributed by atoms with Gasteiger partial charge >= 0.3 is 0 Å². The van der Waals surface area contributed by atoms with Gasteiger partial charge in [-0.3, -0.25) is 10.1 Å². The van der Waals surface area contributed by atoms with E-state index in [0.29, 0.717) is 19.0 Å². The Morgan fingerprint density at radius 2 is 2.04 bits per heavy atom. The molecular formula is C17H21F3N2O. The van der Waals surface area contributed by atoms with E-state index in [1.54, 1.807) is 17.0 Å². The fraction of sp³-hybridized carbons (Fsp3) is 0.588. The predicted octanol–water partition coefficient (Wildman–Crippen LogP) is 2.60. The second-order valence-corrected chi connectivity index (χ2v) is 6.60. The van der Waals surface area contributed by atoms with E-state index in [1.807, 2.05) is 6.07 Å². The van der Waals surface area contributed by atoms with Crippen LogP contribution in [0.5, 0.6) is 0 Å². The maximum absolute atomic E-state index is 13.2. The first-order chi connectivity index (χ1) is 10.9. The Balaban J connectivity index is 1.49. The van der Waals surface area contributed by atoms with E-state index in [2.05, 4.69) is 5.32 Å². The standard InChI is InChI=1S/C17H21F3N2O/c18-14-3-1-2-13(9-14)8-12-4-6-22(7-5-12)16(23)15-10-17(19,20)11-21-15/h1-3,9,12,15,21H,4-8,10-11H2. The summed E-state index contributed by atoms with van der Waals surface area (Å²) in [5.41, 5.74) is 0.965. The lowest BCUT2D eigenvalue weighted by Gasteiger charge is -2.33. The van der Waals surface area contributed by atoms with Crippen molar-refractivity contribution < 1.29 is 18.0 Å². The molecule has 0 saturated carbocycles. The number of hydrogen-bond acceptors (Lipinski definition) is 2. The van der Waals surface area contributed by atoms with Gasteiger partial charge in [0.15, 0.2) is 0 Å². The lowest BCUT2D eigenvalue weighted by Crippen LogP contribution is -2.47. The highest BCUT2D eigenvalue weighted by Gasteiger charge is 2.43. The van der Waals surface area contributed by atoms with Crippen molar-refractivity contribution in [1.82, 2.24) is 10.2 Å². The van der Waals surface area contributed by atoms with E-state index < -0.39 is 24.9 Å². The molecule has 2 heterocycles. The molecular weight excluding hydrogens is 305 g/mol. The van der Waals surface area contributed by atoms with E-state index in [-0.39, 0.29) is 11.7 Å². The largest absolute Gasteiger partial charge is 0.341 e. The fourth-order valence-electron chi connectivity index (χ4n) is 3.47. The number of alkyl halides is 2. The molecule has 1 aromatic rings. The minimum absolute atomic E-state index is 0.216. The van der Waals surface area contributed by atoms with Crippen molar-refractivity contribution in [3.63, 3.8) is 0 Å². The molecule has 0 radical (unpaired) electrons. The summed E-state index contributed by atoms with van der Waals surface area (Å²) in [4.78, 5) is 14.0. The van der Waals surface area contributed by atoms with Crippen LogP contribution in [0.2, 0.25) is 0 Å². The highest BCUT2D eigenvalue weighted by atomic mass is 19.3. The normalized spacial score (nSPS) is 24.8. The van der Waals surface area contributed by atoms with E-state index in [9.17, 15) is 18.0 Å². The highest BCUT2D eigenvalue weighted by molar-refractivity contribution is 5.82. The van der Waals surface area contributed by atoms with Crippen molar-refractivity contribution in [2.45, 2.75) is 37.6 Å². The lowest BCUT2D eigenvalue weighted by molar-refractivity contribution is -0.135. The van der Waals surface area contributed by atoms with Crippen LogP contribution in [0.15, 0.2) is 24.3 Å². The number of halogens is 3. The van der Waals surface area contributed by atoms with Crippen LogP contribution in [0.3, 0.4) is 0 Å². The smallest absolute Gasteiger partial charge is 0.262 e. The third-order valence-corrected chi connectivity index (χ3v) is 4.75. The number of nitrogens with one attached hydrogen (secondary N) is 1. The summed E-state index contributed by atoms with van der Waals surface area (Å²) in [5, 5.41) is 2.62. The molecule has 0 bridgehead atoms. The Kier molecular flexibility index (Phi) is 4.62. The van der Waals surface area contributed by atoms with Gasteiger partial charge < -0.3 is 4.90 Å². The van der Waals surface area contributed by atoms with Crippen molar-refractivity contribution >= 4 is 5.91 Å². The Bertz CT molecular complexity index is 571. The van der Waals surface area contributed by atoms with E-state index in [0.717, 1.165) is 24.8 Å². The molecule has 2 aliphatic rings. The maximum atomic E-state index is 13.2. The number of piperidine rings is 1. The molecule has 6 heteroatoms. The summed E-state index contributed by atoms with van der Waals surface area (Å²) in [6.45, 7) is 0.755. The molecule has 1 aromatic carbocycles. The van der Waals surface area contributed by atoms with Crippen LogP contribution in [0, 0.1) is 11.7 Å². The minimum atomic E-state index is -2.78. The highest BCUT2D eigenvalue weighted by Crippen LogP contribution is 2.28. The Morgan fingerprint density at radius 3 is 2.65 bits per heavy atom. The fourth-order valence-corrected chi connectivity index (χ4v) is 3.47. The molecule has 1 atom stereocenters. The summed E-state index contributed by atoms with van der Waals surface area (Å²) < 4.78 is 39.6. The molecule has 2 fully saturated rings. The minimum Gasteiger partial charge on any atom is -0.341 e. The van der Waals surface area contributed by atoms with Crippen molar-refractivity contribution in [3.05, 3.63) is 35.6 Å². The summed E-state index contributed by atoms with van der Waals surface area (Å²) >= 11 is 0. The van der Waals surface area contributed by atoms with Gasteiger partial charge in [0.2, 0.25) is 5.91 Å². The van der Waals surface area contributed by atoms with Gasteiger partial charge in [0.1, 0.15) is 5.82 Å². The quantitative estimate of drug-likeness (QED) is 0.926. The number of carbonyl (C=O) groups is 1. The van der Waals surface area contributed by atoms with Crippen LogP contribution in [-0.2, 0) is 11.2 Å². The molecule has 23 heavy (non-hydrogen) atoms. The van der Waals surface area contributed by atoms with Crippen molar-refractivity contribution in [1.29, 1.82) is 0 Å². The van der Waals surface area contributed by atoms with Crippen molar-refractivity contribution in [2.24, 2.45) is 5.92 Å². The zero-order valence-corrected chi connectivity index (χ0v) is 12.9. The molecule has 2 saturated heterocycles. The maximum Gasteiger partial charge on any atom is 0.262 e. The van der Waals surface area contributed by atoms with Crippen LogP contribution < -0.4 is 5.32 Å². The first kappa shape index (κ1) is 16.3. The van der Waals surface area contributed by atoms with E-state index in [4.69, 9.17) is 0 Å². The molecule has 1 amide bonds. The molecule has 0 aromatic heterocycles. The van der Waals surface area contributed by atoms with Crippen LogP contribution >= 0.6 is 0 Å². The van der Waals surface area contributed by atoms with Gasteiger partial charge in [-0.2, -0.15) is 0 Å². The summed E-state index contributed by atoms with van der Waals surface area (Å²) in [6.07, 6.45) is 2.03. The SMILES string of the molecule is O=C(C1CC(F)(F)CN1)N1CCC(Cc2cccc(F)c2)CC1. The zero-order valence-electron chi connectivity index (χ0n) is 12.9. The second kappa shape index (κ2) is 6.51. The third-order valence-electron chi connectivity index (χ3n) is 4.75. The Morgan fingerprint density at radius 1 is 1.30 bits per heavy atom. The van der Waals surface area contributed by atoms with Crippen molar-refractivity contribution in [2.75, 3.05) is 19.6 Å². The second-order valence-electron chi connectivity index (χ2n) is 6.60. The number of nitrogens with zero attached hydrogens (tertiary/aromatic N) is 1. The molecule has 0 spiro atoms. The topological polar surface area (TPSA) is 32.3 Å². The van der Waals surface area contributed by atoms with Crippen LogP contribution in [0.25, 0.3) is 0 Å². The lowest BCUT2D eigenvalue weighted by atomic mass is 9.90. The van der Waals surface area contributed by atoms with Gasteiger partial charge in [-0.05, 0) is 42.9 Å². The predicted molar refractivity (Wildman–Crippen MR) is 80.8 cm³/mol. The van der Waals surface area contributed by atoms with Gasteiger partial charge in [0.05, 0.1) is 12.6 Å². The number of hydrogen-bond donors (Lipinski definition) is 1. The van der Waals surface area contributed by atoms with Crippen LogP contribution in [0.1, 0.15) is 24.8 Å². The van der Waals surface area contributed by atoms with E-state index >= 15 is 0 Å². The number of benzene rings is 1. The van der Waals surface area contributed by atoms with Gasteiger partial charge in [0, 0.05) is 19.5 Å². The molecule has 3 nitrogen and oxygen atoms in total. The first-order valence-electron chi connectivity index (χ1n) is 8.07. The number of rotatable bonds is 3. The van der Waals surface area contributed by atoms with Crippen molar-refractivity contribution in [3.8, 4) is 0 Å². The monoisotopic (exact) mass is 326 g/mol. The summed E-state index contributed by atoms with van der Waals surface area (Å²) in [6, 6.07) is 5.82. The number of amides is 1. The third kappa shape index (κ3) is 4.05. The van der Waals surface area contributed by atoms with Gasteiger partial charge in [-0.25, -0.2) is 13.2 Å². The summed E-state index contributed by atoms with van der Waals surface area (Å²) in [7, 11) is 0. The average molecular weight is 326 g/mol. The molecule has 126 valence electrons. The van der Waals surface area contributed by atoms with Gasteiger partial charge in [-0.1, -0.05) is 12.1 Å². The molecule has 1 unspecified atom stereocenters. The Hall–Kier alpha value is -1.56.